The molecule has 0 N–H and O–H groups in total. The standard InChI is InChI=1S/C11H6F4N2/c12-10-16-5-7(6-17-10)8-3-1-2-4-9(8)11(13,14)15/h1-6H. The van der Waals surface area contributed by atoms with Crippen molar-refractivity contribution >= 4 is 0 Å². The third-order valence-electron chi connectivity index (χ3n) is 2.16. The fraction of sp³-hybridized carbons (Fsp3) is 0.0909. The molecule has 0 fully saturated rings. The van der Waals surface area contributed by atoms with Crippen LogP contribution in [0.3, 0.4) is 0 Å². The summed E-state index contributed by atoms with van der Waals surface area (Å²) in [5, 5.41) is 0. The van der Waals surface area contributed by atoms with E-state index < -0.39 is 17.8 Å². The van der Waals surface area contributed by atoms with Gasteiger partial charge in [-0.1, -0.05) is 18.2 Å². The maximum Gasteiger partial charge on any atom is 0.417 e. The number of hydrogen-bond donors (Lipinski definition) is 0. The van der Waals surface area contributed by atoms with Crippen molar-refractivity contribution in [1.82, 2.24) is 9.97 Å². The number of halogens is 4. The second kappa shape index (κ2) is 4.12. The topological polar surface area (TPSA) is 25.8 Å². The minimum absolute atomic E-state index is 0.0694. The molecule has 0 aliphatic rings. The highest BCUT2D eigenvalue weighted by atomic mass is 19.4. The summed E-state index contributed by atoms with van der Waals surface area (Å²) >= 11 is 0. The van der Waals surface area contributed by atoms with Gasteiger partial charge < -0.3 is 0 Å². The normalized spacial score (nSPS) is 11.5. The summed E-state index contributed by atoms with van der Waals surface area (Å²) in [6, 6.07) is 5.00. The molecule has 2 rings (SSSR count). The van der Waals surface area contributed by atoms with Gasteiger partial charge in [0.05, 0.1) is 5.56 Å². The van der Waals surface area contributed by atoms with Crippen LogP contribution in [0, 0.1) is 6.08 Å². The smallest absolute Gasteiger partial charge is 0.210 e. The predicted octanol–water partition coefficient (Wildman–Crippen LogP) is 3.30. The van der Waals surface area contributed by atoms with Crippen LogP contribution < -0.4 is 0 Å². The van der Waals surface area contributed by atoms with Crippen LogP contribution in [0.15, 0.2) is 36.7 Å². The van der Waals surface area contributed by atoms with Crippen molar-refractivity contribution in [2.24, 2.45) is 0 Å². The highest BCUT2D eigenvalue weighted by Gasteiger charge is 2.33. The molecular formula is C11H6F4N2. The van der Waals surface area contributed by atoms with Crippen molar-refractivity contribution < 1.29 is 17.6 Å². The molecule has 0 saturated carbocycles. The van der Waals surface area contributed by atoms with Gasteiger partial charge in [-0.05, 0) is 11.6 Å². The maximum absolute atomic E-state index is 12.7. The van der Waals surface area contributed by atoms with Crippen LogP contribution in [0.2, 0.25) is 0 Å². The molecule has 2 nitrogen and oxygen atoms in total. The van der Waals surface area contributed by atoms with Crippen LogP contribution in [-0.2, 0) is 6.18 Å². The largest absolute Gasteiger partial charge is 0.417 e. The second-order valence-corrected chi connectivity index (χ2v) is 3.28. The average Bonchev–Trinajstić information content (AvgIpc) is 2.29. The lowest BCUT2D eigenvalue weighted by Crippen LogP contribution is -2.07. The van der Waals surface area contributed by atoms with E-state index in [9.17, 15) is 17.6 Å². The van der Waals surface area contributed by atoms with Crippen LogP contribution >= 0.6 is 0 Å². The average molecular weight is 242 g/mol. The van der Waals surface area contributed by atoms with E-state index in [0.717, 1.165) is 18.5 Å². The van der Waals surface area contributed by atoms with Crippen LogP contribution in [0.4, 0.5) is 17.6 Å². The number of aromatic nitrogens is 2. The van der Waals surface area contributed by atoms with Crippen molar-refractivity contribution in [2.45, 2.75) is 6.18 Å². The summed E-state index contributed by atoms with van der Waals surface area (Å²) in [5.74, 6) is 0. The summed E-state index contributed by atoms with van der Waals surface area (Å²) in [6.07, 6.45) is -3.40. The van der Waals surface area contributed by atoms with Crippen LogP contribution in [0.1, 0.15) is 5.56 Å². The minimum Gasteiger partial charge on any atom is -0.210 e. The van der Waals surface area contributed by atoms with E-state index in [-0.39, 0.29) is 11.1 Å². The molecule has 0 saturated heterocycles. The zero-order valence-electron chi connectivity index (χ0n) is 8.37. The lowest BCUT2D eigenvalue weighted by atomic mass is 10.0. The van der Waals surface area contributed by atoms with E-state index >= 15 is 0 Å². The Bertz CT molecular complexity index is 520. The highest BCUT2D eigenvalue weighted by Crippen LogP contribution is 2.36. The molecule has 88 valence electrons. The summed E-state index contributed by atoms with van der Waals surface area (Å²) in [4.78, 5) is 6.47. The van der Waals surface area contributed by atoms with E-state index in [0.29, 0.717) is 0 Å². The van der Waals surface area contributed by atoms with Crippen molar-refractivity contribution in [3.8, 4) is 11.1 Å². The first kappa shape index (κ1) is 11.5. The third-order valence-corrected chi connectivity index (χ3v) is 2.16. The van der Waals surface area contributed by atoms with Gasteiger partial charge in [0.2, 0.25) is 0 Å². The van der Waals surface area contributed by atoms with Gasteiger partial charge in [-0.25, -0.2) is 9.97 Å². The molecule has 0 amide bonds. The van der Waals surface area contributed by atoms with E-state index in [1.165, 1.54) is 18.2 Å². The van der Waals surface area contributed by atoms with E-state index in [4.69, 9.17) is 0 Å². The molecule has 0 aliphatic heterocycles. The van der Waals surface area contributed by atoms with Gasteiger partial charge in [0.1, 0.15) is 0 Å². The van der Waals surface area contributed by atoms with Crippen molar-refractivity contribution in [1.29, 1.82) is 0 Å². The fourth-order valence-corrected chi connectivity index (χ4v) is 1.43. The molecular weight excluding hydrogens is 236 g/mol. The first-order valence-electron chi connectivity index (χ1n) is 4.62. The number of alkyl halides is 3. The van der Waals surface area contributed by atoms with Crippen LogP contribution in [0.25, 0.3) is 11.1 Å². The van der Waals surface area contributed by atoms with Gasteiger partial charge in [0.25, 0.3) is 0 Å². The Hall–Kier alpha value is -1.98. The molecule has 0 unspecified atom stereocenters. The van der Waals surface area contributed by atoms with Crippen molar-refractivity contribution in [2.75, 3.05) is 0 Å². The van der Waals surface area contributed by atoms with Gasteiger partial charge >= 0.3 is 12.3 Å². The molecule has 1 aromatic heterocycles. The first-order chi connectivity index (χ1) is 7.98. The lowest BCUT2D eigenvalue weighted by molar-refractivity contribution is -0.137. The number of hydrogen-bond acceptors (Lipinski definition) is 2. The predicted molar refractivity (Wildman–Crippen MR) is 52.4 cm³/mol. The minimum atomic E-state index is -4.47. The fourth-order valence-electron chi connectivity index (χ4n) is 1.43. The van der Waals surface area contributed by atoms with Crippen molar-refractivity contribution in [3.05, 3.63) is 48.3 Å². The SMILES string of the molecule is Fc1ncc(-c2ccccc2C(F)(F)F)cn1. The van der Waals surface area contributed by atoms with E-state index in [2.05, 4.69) is 9.97 Å². The molecule has 1 aromatic carbocycles. The first-order valence-corrected chi connectivity index (χ1v) is 4.62. The van der Waals surface area contributed by atoms with Gasteiger partial charge in [0, 0.05) is 18.0 Å². The third kappa shape index (κ3) is 2.41. The number of nitrogens with zero attached hydrogens (tertiary/aromatic N) is 2. The molecule has 2 aromatic rings. The van der Waals surface area contributed by atoms with E-state index in [1.54, 1.807) is 0 Å². The summed E-state index contributed by atoms with van der Waals surface area (Å²) in [5.41, 5.74) is -0.741. The number of benzene rings is 1. The Balaban J connectivity index is 2.56. The molecule has 0 aliphatic carbocycles. The molecule has 17 heavy (non-hydrogen) atoms. The highest BCUT2D eigenvalue weighted by molar-refractivity contribution is 5.66. The Kier molecular flexibility index (Phi) is 2.79. The zero-order valence-corrected chi connectivity index (χ0v) is 8.37. The van der Waals surface area contributed by atoms with Gasteiger partial charge in [-0.2, -0.15) is 17.6 Å². The summed E-state index contributed by atoms with van der Waals surface area (Å²) < 4.78 is 50.6. The van der Waals surface area contributed by atoms with Gasteiger partial charge in [-0.3, -0.25) is 0 Å². The summed E-state index contributed by atoms with van der Waals surface area (Å²) in [6.45, 7) is 0. The van der Waals surface area contributed by atoms with Crippen molar-refractivity contribution in [3.63, 3.8) is 0 Å². The lowest BCUT2D eigenvalue weighted by Gasteiger charge is -2.11. The summed E-state index contributed by atoms with van der Waals surface area (Å²) in [7, 11) is 0. The Morgan fingerprint density at radius 2 is 1.53 bits per heavy atom. The second-order valence-electron chi connectivity index (χ2n) is 3.28. The zero-order chi connectivity index (χ0) is 12.5. The molecule has 0 radical (unpaired) electrons. The van der Waals surface area contributed by atoms with Crippen LogP contribution in [-0.4, -0.2) is 9.97 Å². The van der Waals surface area contributed by atoms with Crippen LogP contribution in [0.5, 0.6) is 0 Å². The van der Waals surface area contributed by atoms with Gasteiger partial charge in [-0.15, -0.1) is 0 Å². The van der Waals surface area contributed by atoms with Gasteiger partial charge in [0.15, 0.2) is 0 Å². The molecule has 0 spiro atoms. The number of rotatable bonds is 1. The Labute approximate surface area is 94.0 Å². The van der Waals surface area contributed by atoms with E-state index in [1.807, 2.05) is 0 Å². The molecule has 0 atom stereocenters. The molecule has 0 bridgehead atoms. The quantitative estimate of drug-likeness (QED) is 0.566. The molecule has 6 heteroatoms. The monoisotopic (exact) mass is 242 g/mol. The Morgan fingerprint density at radius 3 is 2.12 bits per heavy atom. The Morgan fingerprint density at radius 1 is 0.941 bits per heavy atom. The molecule has 1 heterocycles. The maximum atomic E-state index is 12.7.